The van der Waals surface area contributed by atoms with E-state index in [1.54, 1.807) is 36.4 Å². The van der Waals surface area contributed by atoms with Crippen molar-refractivity contribution in [2.24, 2.45) is 0 Å². The summed E-state index contributed by atoms with van der Waals surface area (Å²) in [5.74, 6) is -0.529. The van der Waals surface area contributed by atoms with Crippen molar-refractivity contribution in [3.8, 4) is 23.1 Å². The Kier molecular flexibility index (Phi) is 7.85. The number of pyridine rings is 1. The van der Waals surface area contributed by atoms with Crippen LogP contribution in [0.4, 0.5) is 0 Å². The second-order valence-corrected chi connectivity index (χ2v) is 8.79. The third-order valence-electron chi connectivity index (χ3n) is 4.98. The van der Waals surface area contributed by atoms with E-state index in [0.29, 0.717) is 33.5 Å². The molecule has 0 fully saturated rings. The minimum absolute atomic E-state index is 0.0865. The second-order valence-electron chi connectivity index (χ2n) is 7.46. The van der Waals surface area contributed by atoms with Gasteiger partial charge in [-0.05, 0) is 60.7 Å². The van der Waals surface area contributed by atoms with Crippen molar-refractivity contribution in [1.82, 2.24) is 21.2 Å². The summed E-state index contributed by atoms with van der Waals surface area (Å²) in [6.07, 6.45) is 0. The van der Waals surface area contributed by atoms with Gasteiger partial charge >= 0.3 is 0 Å². The number of hydrogen-bond donors (Lipinski definition) is 3. The average Bonchev–Trinajstić information content (AvgIpc) is 2.90. The molecule has 0 bridgehead atoms. The lowest BCUT2D eigenvalue weighted by Crippen LogP contribution is -2.49. The quantitative estimate of drug-likeness (QED) is 0.247. The van der Waals surface area contributed by atoms with Crippen molar-refractivity contribution in [1.29, 1.82) is 5.26 Å². The highest BCUT2D eigenvalue weighted by Gasteiger charge is 2.15. The van der Waals surface area contributed by atoms with Crippen LogP contribution in [-0.4, -0.2) is 28.5 Å². The van der Waals surface area contributed by atoms with Crippen LogP contribution in [0.1, 0.15) is 15.9 Å². The number of halogens is 1. The summed E-state index contributed by atoms with van der Waals surface area (Å²) in [6, 6.07) is 25.0. The molecule has 10 heteroatoms. The number of benzene rings is 3. The largest absolute Gasteiger partial charge is 0.484 e. The molecule has 0 saturated heterocycles. The Balaban J connectivity index is 1.40. The lowest BCUT2D eigenvalue weighted by atomic mass is 10.0. The molecule has 1 aromatic heterocycles. The van der Waals surface area contributed by atoms with E-state index in [1.807, 2.05) is 48.5 Å². The van der Waals surface area contributed by atoms with E-state index in [9.17, 15) is 9.59 Å². The van der Waals surface area contributed by atoms with Gasteiger partial charge in [-0.2, -0.15) is 5.26 Å². The number of rotatable bonds is 5. The molecule has 0 unspecified atom stereocenters. The van der Waals surface area contributed by atoms with E-state index in [-0.39, 0.29) is 11.7 Å². The lowest BCUT2D eigenvalue weighted by molar-refractivity contribution is -0.123. The molecule has 4 rings (SSSR count). The van der Waals surface area contributed by atoms with Gasteiger partial charge in [0.25, 0.3) is 11.8 Å². The predicted molar refractivity (Wildman–Crippen MR) is 143 cm³/mol. The molecule has 3 aromatic carbocycles. The Morgan fingerprint density at radius 2 is 1.78 bits per heavy atom. The van der Waals surface area contributed by atoms with Gasteiger partial charge < -0.3 is 4.74 Å². The first-order valence-corrected chi connectivity index (χ1v) is 11.8. The summed E-state index contributed by atoms with van der Waals surface area (Å²) in [7, 11) is 0. The monoisotopic (exact) mass is 559 g/mol. The van der Waals surface area contributed by atoms with E-state index in [4.69, 9.17) is 22.2 Å². The molecule has 0 aliphatic heterocycles. The topological polar surface area (TPSA) is 116 Å². The number of aromatic nitrogens is 1. The van der Waals surface area contributed by atoms with Crippen LogP contribution < -0.4 is 20.9 Å². The number of hydrazine groups is 1. The lowest BCUT2D eigenvalue weighted by Gasteiger charge is -2.13. The number of fused-ring (bicyclic) bond motifs is 1. The summed E-state index contributed by atoms with van der Waals surface area (Å²) < 4.78 is 6.25. The summed E-state index contributed by atoms with van der Waals surface area (Å²) >= 11 is 8.63. The zero-order valence-corrected chi connectivity index (χ0v) is 21.0. The van der Waals surface area contributed by atoms with Crippen LogP contribution in [-0.2, 0) is 4.79 Å². The van der Waals surface area contributed by atoms with E-state index in [2.05, 4.69) is 37.1 Å². The van der Waals surface area contributed by atoms with Gasteiger partial charge in [0.1, 0.15) is 5.75 Å². The fourth-order valence-corrected chi connectivity index (χ4v) is 3.84. The highest BCUT2D eigenvalue weighted by molar-refractivity contribution is 9.10. The number of hydrogen-bond acceptors (Lipinski definition) is 6. The Bertz CT molecular complexity index is 1500. The molecule has 178 valence electrons. The molecule has 2 amide bonds. The van der Waals surface area contributed by atoms with Crippen LogP contribution >= 0.6 is 28.1 Å². The standard InChI is InChI=1S/C26H18BrN5O3S/c27-18-5-3-4-17(12-18)23-13-21(20-6-1-2-7-22(20)29-23)25(34)30-26(36)32-31-24(33)15-35-19-10-8-16(14-28)9-11-19/h1-13H,15H2,(H,31,33)(H2,30,32,34,36). The van der Waals surface area contributed by atoms with Crippen LogP contribution in [0.15, 0.2) is 83.3 Å². The molecule has 8 nitrogen and oxygen atoms in total. The molecule has 0 aliphatic carbocycles. The third kappa shape index (κ3) is 6.21. The number of carbonyl (C=O) groups excluding carboxylic acids is 2. The highest BCUT2D eigenvalue weighted by atomic mass is 79.9. The minimum Gasteiger partial charge on any atom is -0.484 e. The van der Waals surface area contributed by atoms with E-state index in [1.165, 1.54) is 0 Å². The van der Waals surface area contributed by atoms with Crippen molar-refractivity contribution in [3.63, 3.8) is 0 Å². The number of nitrogens with zero attached hydrogens (tertiary/aromatic N) is 2. The maximum absolute atomic E-state index is 13.1. The SMILES string of the molecule is N#Cc1ccc(OCC(=O)NNC(=S)NC(=O)c2cc(-c3cccc(Br)c3)nc3ccccc23)cc1. The van der Waals surface area contributed by atoms with Crippen molar-refractivity contribution in [2.75, 3.05) is 6.61 Å². The van der Waals surface area contributed by atoms with Crippen LogP contribution in [0.25, 0.3) is 22.2 Å². The van der Waals surface area contributed by atoms with Crippen LogP contribution in [0.5, 0.6) is 5.75 Å². The zero-order chi connectivity index (χ0) is 25.5. The van der Waals surface area contributed by atoms with Gasteiger partial charge in [-0.15, -0.1) is 0 Å². The molecule has 3 N–H and O–H groups in total. The van der Waals surface area contributed by atoms with E-state index >= 15 is 0 Å². The number of amides is 2. The van der Waals surface area contributed by atoms with Crippen LogP contribution in [0.2, 0.25) is 0 Å². The molecule has 0 saturated carbocycles. The molecular formula is C26H18BrN5O3S. The summed E-state index contributed by atoms with van der Waals surface area (Å²) in [5.41, 5.74) is 7.88. The minimum atomic E-state index is -0.512. The highest BCUT2D eigenvalue weighted by Crippen LogP contribution is 2.26. The molecule has 1 heterocycles. The van der Waals surface area contributed by atoms with Gasteiger partial charge in [0.2, 0.25) is 0 Å². The molecule has 0 atom stereocenters. The maximum Gasteiger partial charge on any atom is 0.276 e. The number of para-hydroxylation sites is 1. The van der Waals surface area contributed by atoms with Crippen molar-refractivity contribution >= 4 is 56.0 Å². The average molecular weight is 560 g/mol. The third-order valence-corrected chi connectivity index (χ3v) is 5.67. The molecule has 0 aliphatic rings. The van der Waals surface area contributed by atoms with Crippen molar-refractivity contribution in [2.45, 2.75) is 0 Å². The first-order valence-electron chi connectivity index (χ1n) is 10.6. The molecule has 36 heavy (non-hydrogen) atoms. The summed E-state index contributed by atoms with van der Waals surface area (Å²) in [4.78, 5) is 29.8. The van der Waals surface area contributed by atoms with E-state index < -0.39 is 11.8 Å². The van der Waals surface area contributed by atoms with Crippen LogP contribution in [0, 0.1) is 11.3 Å². The van der Waals surface area contributed by atoms with Gasteiger partial charge in [-0.3, -0.25) is 25.8 Å². The predicted octanol–water partition coefficient (Wildman–Crippen LogP) is 4.25. The first kappa shape index (κ1) is 24.8. The Hall–Kier alpha value is -4.33. The smallest absolute Gasteiger partial charge is 0.276 e. The summed E-state index contributed by atoms with van der Waals surface area (Å²) in [6.45, 7) is -0.291. The van der Waals surface area contributed by atoms with E-state index in [0.717, 1.165) is 10.0 Å². The Morgan fingerprint density at radius 3 is 2.53 bits per heavy atom. The second kappa shape index (κ2) is 11.4. The summed E-state index contributed by atoms with van der Waals surface area (Å²) in [5, 5.41) is 12.0. The zero-order valence-electron chi connectivity index (χ0n) is 18.6. The maximum atomic E-state index is 13.1. The fourth-order valence-electron chi connectivity index (χ4n) is 3.30. The van der Waals surface area contributed by atoms with Crippen LogP contribution in [0.3, 0.4) is 0 Å². The van der Waals surface area contributed by atoms with Crippen molar-refractivity contribution < 1.29 is 14.3 Å². The molecule has 0 spiro atoms. The van der Waals surface area contributed by atoms with Gasteiger partial charge in [0.15, 0.2) is 11.7 Å². The number of thiocarbonyl (C=S) groups is 1. The molecular weight excluding hydrogens is 542 g/mol. The normalized spacial score (nSPS) is 10.2. The Labute approximate surface area is 220 Å². The number of ether oxygens (including phenoxy) is 1. The molecule has 0 radical (unpaired) electrons. The number of carbonyl (C=O) groups is 2. The van der Waals surface area contributed by atoms with Crippen molar-refractivity contribution in [3.05, 3.63) is 94.5 Å². The molecule has 4 aromatic rings. The van der Waals surface area contributed by atoms with Gasteiger partial charge in [0, 0.05) is 15.4 Å². The number of nitriles is 1. The van der Waals surface area contributed by atoms with Gasteiger partial charge in [-0.25, -0.2) is 4.98 Å². The van der Waals surface area contributed by atoms with Gasteiger partial charge in [-0.1, -0.05) is 46.3 Å². The Morgan fingerprint density at radius 1 is 1.00 bits per heavy atom. The van der Waals surface area contributed by atoms with Gasteiger partial charge in [0.05, 0.1) is 28.4 Å². The number of nitrogens with one attached hydrogen (secondary N) is 3. The first-order chi connectivity index (χ1) is 17.4. The fraction of sp³-hybridized carbons (Fsp3) is 0.0385.